The van der Waals surface area contributed by atoms with Crippen LogP contribution in [0.15, 0.2) is 85.5 Å². The van der Waals surface area contributed by atoms with Gasteiger partial charge < -0.3 is 33.2 Å². The fraction of sp³-hybridized carbons (Fsp3) is 0.361. The second kappa shape index (κ2) is 19.7. The molecule has 0 amide bonds. The summed E-state index contributed by atoms with van der Waals surface area (Å²) in [6.07, 6.45) is 4.60. The largest absolute Gasteiger partial charge is 0.494 e. The van der Waals surface area contributed by atoms with Crippen LogP contribution in [0.1, 0.15) is 53.8 Å². The predicted octanol–water partition coefficient (Wildman–Crippen LogP) is 6.47. The molecule has 246 valence electrons. The molecule has 0 spiro atoms. The summed E-state index contributed by atoms with van der Waals surface area (Å²) < 4.78 is 37.7. The minimum atomic E-state index is -0.555. The summed E-state index contributed by atoms with van der Waals surface area (Å²) in [5.74, 6) is 0.725. The molecule has 1 aliphatic rings. The summed E-state index contributed by atoms with van der Waals surface area (Å²) in [7, 11) is 0. The van der Waals surface area contributed by atoms with Crippen molar-refractivity contribution in [2.24, 2.45) is 5.41 Å². The average molecular weight is 635 g/mol. The molecule has 0 bridgehead atoms. The number of hydrogen-bond donors (Lipinski definition) is 0. The first kappa shape index (κ1) is 35.8. The zero-order chi connectivity index (χ0) is 33.0. The van der Waals surface area contributed by atoms with Gasteiger partial charge in [-0.1, -0.05) is 13.0 Å². The first-order chi connectivity index (χ1) is 22.4. The molecule has 0 unspecified atom stereocenters. The van der Waals surface area contributed by atoms with Crippen molar-refractivity contribution in [3.8, 4) is 23.0 Å². The van der Waals surface area contributed by atoms with Crippen LogP contribution in [0.2, 0.25) is 0 Å². The number of benzene rings is 3. The van der Waals surface area contributed by atoms with E-state index in [1.54, 1.807) is 66.7 Å². The molecule has 0 saturated carbocycles. The van der Waals surface area contributed by atoms with Gasteiger partial charge in [0, 0.05) is 12.0 Å². The monoisotopic (exact) mass is 634 g/mol. The molecule has 3 aromatic rings. The fourth-order valence-corrected chi connectivity index (χ4v) is 4.10. The Kier molecular flexibility index (Phi) is 15.3. The molecule has 10 heteroatoms. The fourth-order valence-electron chi connectivity index (χ4n) is 4.10. The molecule has 0 aliphatic carbocycles. The molecule has 3 aromatic carbocycles. The number of allylic oxidation sites excluding steroid dienone is 1. The Bertz CT molecular complexity index is 1340. The highest BCUT2D eigenvalue weighted by Crippen LogP contribution is 2.31. The van der Waals surface area contributed by atoms with Gasteiger partial charge in [0.15, 0.2) is 0 Å². The van der Waals surface area contributed by atoms with E-state index >= 15 is 0 Å². The number of rotatable bonds is 18. The van der Waals surface area contributed by atoms with Crippen molar-refractivity contribution in [2.75, 3.05) is 46.2 Å². The second-order valence-electron chi connectivity index (χ2n) is 10.5. The topological polar surface area (TPSA) is 116 Å². The summed E-state index contributed by atoms with van der Waals surface area (Å²) in [5.41, 5.74) is 0.915. The van der Waals surface area contributed by atoms with Gasteiger partial charge in [-0.3, -0.25) is 4.79 Å². The van der Waals surface area contributed by atoms with E-state index in [1.165, 1.54) is 12.1 Å². The Morgan fingerprint density at radius 2 is 1.20 bits per heavy atom. The summed E-state index contributed by atoms with van der Waals surface area (Å²) in [4.78, 5) is 35.2. The van der Waals surface area contributed by atoms with E-state index in [1.807, 2.05) is 6.92 Å². The van der Waals surface area contributed by atoms with Crippen molar-refractivity contribution >= 4 is 18.4 Å². The molecule has 1 saturated heterocycles. The molecule has 1 aliphatic heterocycles. The zero-order valence-corrected chi connectivity index (χ0v) is 26.4. The van der Waals surface area contributed by atoms with Crippen molar-refractivity contribution in [3.63, 3.8) is 0 Å². The van der Waals surface area contributed by atoms with Gasteiger partial charge in [-0.15, -0.1) is 6.58 Å². The minimum absolute atomic E-state index is 0.133. The van der Waals surface area contributed by atoms with E-state index in [4.69, 9.17) is 28.4 Å². The zero-order valence-electron chi connectivity index (χ0n) is 26.4. The second-order valence-corrected chi connectivity index (χ2v) is 10.5. The number of carbonyl (C=O) groups is 3. The number of hydrogen-bond acceptors (Lipinski definition) is 10. The maximum absolute atomic E-state index is 12.6. The first-order valence-electron chi connectivity index (χ1n) is 15.2. The molecule has 4 rings (SSSR count). The third-order valence-corrected chi connectivity index (χ3v) is 6.89. The summed E-state index contributed by atoms with van der Waals surface area (Å²) in [6.45, 7) is 11.7. The van der Waals surface area contributed by atoms with Gasteiger partial charge in [-0.2, -0.15) is 0 Å². The van der Waals surface area contributed by atoms with Crippen molar-refractivity contribution < 1.29 is 47.5 Å². The van der Waals surface area contributed by atoms with Crippen LogP contribution in [-0.2, 0) is 19.0 Å². The number of unbranched alkanes of at least 4 members (excludes halogenated alkanes) is 1. The van der Waals surface area contributed by atoms with Crippen molar-refractivity contribution in [2.45, 2.75) is 33.1 Å². The maximum atomic E-state index is 12.6. The average Bonchev–Trinajstić information content (AvgIpc) is 3.05. The molecule has 0 N–H and O–H groups in total. The third-order valence-electron chi connectivity index (χ3n) is 6.89. The lowest BCUT2D eigenvalue weighted by Crippen LogP contribution is -2.45. The molecule has 1 fully saturated rings. The number of carbonyl (C=O) groups excluding carboxylic acids is 3. The van der Waals surface area contributed by atoms with Crippen LogP contribution in [-0.4, -0.2) is 64.7 Å². The first-order valence-corrected chi connectivity index (χ1v) is 15.2. The van der Waals surface area contributed by atoms with Crippen LogP contribution in [0.4, 0.5) is 0 Å². The lowest BCUT2D eigenvalue weighted by Gasteiger charge is -2.40. The third kappa shape index (κ3) is 12.0. The van der Waals surface area contributed by atoms with Crippen LogP contribution >= 0.6 is 0 Å². The van der Waals surface area contributed by atoms with E-state index in [0.717, 1.165) is 39.1 Å². The molecule has 46 heavy (non-hydrogen) atoms. The molecular formula is C36H42O10. The van der Waals surface area contributed by atoms with Crippen LogP contribution in [0.25, 0.3) is 0 Å². The van der Waals surface area contributed by atoms with Gasteiger partial charge in [-0.05, 0) is 99.0 Å². The van der Waals surface area contributed by atoms with Gasteiger partial charge in [0.25, 0.3) is 6.47 Å². The Balaban J connectivity index is 0.00000185. The molecule has 0 aromatic heterocycles. The highest BCUT2D eigenvalue weighted by molar-refractivity contribution is 5.92. The molecule has 0 radical (unpaired) electrons. The normalized spacial score (nSPS) is 12.7. The van der Waals surface area contributed by atoms with Crippen LogP contribution in [0.5, 0.6) is 23.0 Å². The highest BCUT2D eigenvalue weighted by atomic mass is 16.6. The molecule has 10 nitrogen and oxygen atoms in total. The smallest absolute Gasteiger partial charge is 0.343 e. The minimum Gasteiger partial charge on any atom is -0.494 e. The van der Waals surface area contributed by atoms with E-state index in [9.17, 15) is 14.4 Å². The number of ether oxygens (including phenoxy) is 7. The van der Waals surface area contributed by atoms with Gasteiger partial charge in [0.1, 0.15) is 36.2 Å². The van der Waals surface area contributed by atoms with Crippen LogP contribution < -0.4 is 18.9 Å². The molecule has 0 atom stereocenters. The lowest BCUT2D eigenvalue weighted by atomic mass is 9.84. The standard InChI is InChI=1S/C33H36O10.C3H6/c1-2-33(22-39-23-33)21-37-17-3-4-18-40-27-9-5-25(6-10-27)31(35)42-29-13-15-30(16-14-29)43-32(36)26-7-11-28(12-8-26)41-20-19-38-24-34;1-3-2/h5-16,24H,2-4,17-23H2,1H3;3H,1H2,2H3. The highest BCUT2D eigenvalue weighted by Gasteiger charge is 2.36. The Labute approximate surface area is 270 Å². The van der Waals surface area contributed by atoms with E-state index in [0.29, 0.717) is 53.8 Å². The Hall–Kier alpha value is -4.67. The lowest BCUT2D eigenvalue weighted by molar-refractivity contribution is -0.150. The Morgan fingerprint density at radius 3 is 1.63 bits per heavy atom. The predicted molar refractivity (Wildman–Crippen MR) is 172 cm³/mol. The van der Waals surface area contributed by atoms with Crippen LogP contribution in [0.3, 0.4) is 0 Å². The van der Waals surface area contributed by atoms with Crippen molar-refractivity contribution in [1.82, 2.24) is 0 Å². The van der Waals surface area contributed by atoms with E-state index < -0.39 is 11.9 Å². The quantitative estimate of drug-likeness (QED) is 0.0507. The van der Waals surface area contributed by atoms with Gasteiger partial charge in [-0.25, -0.2) is 9.59 Å². The molecular weight excluding hydrogens is 592 g/mol. The summed E-state index contributed by atoms with van der Waals surface area (Å²) in [6, 6.07) is 19.3. The van der Waals surface area contributed by atoms with E-state index in [2.05, 4.69) is 18.2 Å². The van der Waals surface area contributed by atoms with Gasteiger partial charge >= 0.3 is 11.9 Å². The Morgan fingerprint density at radius 1 is 0.739 bits per heavy atom. The van der Waals surface area contributed by atoms with Gasteiger partial charge in [0.2, 0.25) is 0 Å². The number of esters is 2. The molecule has 1 heterocycles. The summed E-state index contributed by atoms with van der Waals surface area (Å²) in [5, 5.41) is 0. The maximum Gasteiger partial charge on any atom is 0.343 e. The van der Waals surface area contributed by atoms with Crippen molar-refractivity contribution in [3.05, 3.63) is 96.6 Å². The summed E-state index contributed by atoms with van der Waals surface area (Å²) >= 11 is 0. The SMILES string of the molecule is C=CC.CCC1(COCCCCOc2ccc(C(=O)Oc3ccc(OC(=O)c4ccc(OCCOC=O)cc4)cc3)cc2)COC1. The van der Waals surface area contributed by atoms with Crippen LogP contribution in [0, 0.1) is 5.41 Å². The van der Waals surface area contributed by atoms with E-state index in [-0.39, 0.29) is 18.6 Å². The van der Waals surface area contributed by atoms with Gasteiger partial charge in [0.05, 0.1) is 37.6 Å². The van der Waals surface area contributed by atoms with Crippen molar-refractivity contribution in [1.29, 1.82) is 0 Å².